The number of carbonyl (C=O) groups is 2. The van der Waals surface area contributed by atoms with E-state index in [0.29, 0.717) is 36.0 Å². The van der Waals surface area contributed by atoms with Gasteiger partial charge in [-0.25, -0.2) is 4.79 Å². The molecular formula is C21H18N2O5. The molecule has 7 nitrogen and oxygen atoms in total. The molecule has 1 N–H and O–H groups in total. The van der Waals surface area contributed by atoms with Crippen LogP contribution in [0, 0.1) is 11.3 Å². The zero-order valence-corrected chi connectivity index (χ0v) is 15.2. The smallest absolute Gasteiger partial charge is 0.331 e. The highest BCUT2D eigenvalue weighted by atomic mass is 16.6. The lowest BCUT2D eigenvalue weighted by Gasteiger charge is -2.19. The SMILES string of the molecule is C[C@H](OC(=O)/C=C/c1ccc(C#N)cc1)C(=O)Nc1ccc2c(c1)OCCO2. The first-order chi connectivity index (χ1) is 13.5. The Morgan fingerprint density at radius 1 is 1.14 bits per heavy atom. The quantitative estimate of drug-likeness (QED) is 0.635. The number of nitrogens with one attached hydrogen (secondary N) is 1. The first-order valence-electron chi connectivity index (χ1n) is 8.64. The van der Waals surface area contributed by atoms with E-state index in [0.717, 1.165) is 5.56 Å². The van der Waals surface area contributed by atoms with Crippen LogP contribution in [0.25, 0.3) is 6.08 Å². The van der Waals surface area contributed by atoms with Gasteiger partial charge in [0.2, 0.25) is 0 Å². The molecule has 0 fully saturated rings. The lowest BCUT2D eigenvalue weighted by atomic mass is 10.1. The van der Waals surface area contributed by atoms with E-state index in [4.69, 9.17) is 19.5 Å². The van der Waals surface area contributed by atoms with Crippen molar-refractivity contribution in [3.63, 3.8) is 0 Å². The van der Waals surface area contributed by atoms with Crippen LogP contribution in [-0.2, 0) is 14.3 Å². The van der Waals surface area contributed by atoms with Crippen molar-refractivity contribution < 1.29 is 23.8 Å². The third-order valence-corrected chi connectivity index (χ3v) is 3.92. The summed E-state index contributed by atoms with van der Waals surface area (Å²) < 4.78 is 16.0. The van der Waals surface area contributed by atoms with Crippen molar-refractivity contribution in [3.8, 4) is 17.6 Å². The Morgan fingerprint density at radius 2 is 1.86 bits per heavy atom. The van der Waals surface area contributed by atoms with E-state index in [1.165, 1.54) is 13.0 Å². The highest BCUT2D eigenvalue weighted by Crippen LogP contribution is 2.32. The zero-order chi connectivity index (χ0) is 19.9. The molecule has 0 unspecified atom stereocenters. The summed E-state index contributed by atoms with van der Waals surface area (Å²) in [4.78, 5) is 24.2. The number of nitrogens with zero attached hydrogens (tertiary/aromatic N) is 1. The van der Waals surface area contributed by atoms with Crippen LogP contribution in [0.5, 0.6) is 11.5 Å². The number of esters is 1. The highest BCUT2D eigenvalue weighted by molar-refractivity contribution is 5.96. The van der Waals surface area contributed by atoms with Crippen LogP contribution in [0.1, 0.15) is 18.1 Å². The van der Waals surface area contributed by atoms with Crippen LogP contribution in [0.4, 0.5) is 5.69 Å². The normalized spacial score (nSPS) is 13.4. The summed E-state index contributed by atoms with van der Waals surface area (Å²) in [6.45, 7) is 2.42. The predicted molar refractivity (Wildman–Crippen MR) is 102 cm³/mol. The van der Waals surface area contributed by atoms with Crippen LogP contribution < -0.4 is 14.8 Å². The van der Waals surface area contributed by atoms with Gasteiger partial charge in [-0.1, -0.05) is 12.1 Å². The number of carbonyl (C=O) groups excluding carboxylic acids is 2. The average Bonchev–Trinajstić information content (AvgIpc) is 2.72. The van der Waals surface area contributed by atoms with Crippen LogP contribution in [0.3, 0.4) is 0 Å². The van der Waals surface area contributed by atoms with Gasteiger partial charge in [-0.15, -0.1) is 0 Å². The Balaban J connectivity index is 1.53. The zero-order valence-electron chi connectivity index (χ0n) is 15.2. The Labute approximate surface area is 162 Å². The Kier molecular flexibility index (Phi) is 5.92. The third-order valence-electron chi connectivity index (χ3n) is 3.92. The first kappa shape index (κ1) is 19.0. The average molecular weight is 378 g/mol. The Hall–Kier alpha value is -3.79. The van der Waals surface area contributed by atoms with Crippen molar-refractivity contribution in [1.82, 2.24) is 0 Å². The molecule has 2 aromatic carbocycles. The van der Waals surface area contributed by atoms with E-state index >= 15 is 0 Å². The molecule has 3 rings (SSSR count). The second kappa shape index (κ2) is 8.73. The molecule has 0 radical (unpaired) electrons. The van der Waals surface area contributed by atoms with Crippen molar-refractivity contribution in [1.29, 1.82) is 5.26 Å². The van der Waals surface area contributed by atoms with Gasteiger partial charge >= 0.3 is 5.97 Å². The molecular weight excluding hydrogens is 360 g/mol. The van der Waals surface area contributed by atoms with Gasteiger partial charge in [-0.2, -0.15) is 5.26 Å². The maximum atomic E-state index is 12.2. The maximum Gasteiger partial charge on any atom is 0.331 e. The molecule has 0 saturated carbocycles. The largest absolute Gasteiger partial charge is 0.486 e. The maximum absolute atomic E-state index is 12.2. The number of amides is 1. The number of rotatable bonds is 5. The minimum absolute atomic E-state index is 0.448. The number of fused-ring (bicyclic) bond motifs is 1. The molecule has 0 bridgehead atoms. The van der Waals surface area contributed by atoms with Gasteiger partial charge in [0.25, 0.3) is 5.91 Å². The van der Waals surface area contributed by atoms with Gasteiger partial charge in [-0.3, -0.25) is 4.79 Å². The van der Waals surface area contributed by atoms with Gasteiger partial charge < -0.3 is 19.5 Å². The molecule has 1 amide bonds. The number of ether oxygens (including phenoxy) is 3. The molecule has 0 aromatic heterocycles. The molecule has 0 spiro atoms. The van der Waals surface area contributed by atoms with Crippen molar-refractivity contribution >= 4 is 23.6 Å². The van der Waals surface area contributed by atoms with Crippen LogP contribution in [0.15, 0.2) is 48.5 Å². The second-order valence-electron chi connectivity index (χ2n) is 5.99. The number of hydrogen-bond acceptors (Lipinski definition) is 6. The van der Waals surface area contributed by atoms with Crippen molar-refractivity contribution in [2.45, 2.75) is 13.0 Å². The Bertz CT molecular complexity index is 944. The fourth-order valence-electron chi connectivity index (χ4n) is 2.47. The van der Waals surface area contributed by atoms with E-state index in [2.05, 4.69) is 5.32 Å². The van der Waals surface area contributed by atoms with E-state index in [1.54, 1.807) is 48.5 Å². The summed E-state index contributed by atoms with van der Waals surface area (Å²) in [6, 6.07) is 13.8. The van der Waals surface area contributed by atoms with Gasteiger partial charge in [0.15, 0.2) is 17.6 Å². The first-order valence-corrected chi connectivity index (χ1v) is 8.64. The minimum atomic E-state index is -0.980. The fourth-order valence-corrected chi connectivity index (χ4v) is 2.47. The number of hydrogen-bond donors (Lipinski definition) is 1. The summed E-state index contributed by atoms with van der Waals surface area (Å²) in [5, 5.41) is 11.4. The summed E-state index contributed by atoms with van der Waals surface area (Å²) in [5.41, 5.74) is 1.79. The molecule has 1 aliphatic rings. The lowest BCUT2D eigenvalue weighted by Crippen LogP contribution is -2.29. The Morgan fingerprint density at radius 3 is 2.57 bits per heavy atom. The monoisotopic (exact) mass is 378 g/mol. The second-order valence-corrected chi connectivity index (χ2v) is 5.99. The van der Waals surface area contributed by atoms with Crippen LogP contribution >= 0.6 is 0 Å². The number of benzene rings is 2. The minimum Gasteiger partial charge on any atom is -0.486 e. The molecule has 2 aromatic rings. The number of nitriles is 1. The predicted octanol–water partition coefficient (Wildman–Crippen LogP) is 2.91. The number of anilines is 1. The molecule has 0 saturated heterocycles. The summed E-state index contributed by atoms with van der Waals surface area (Å²) in [7, 11) is 0. The molecule has 0 aliphatic carbocycles. The highest BCUT2D eigenvalue weighted by Gasteiger charge is 2.18. The topological polar surface area (TPSA) is 97.7 Å². The molecule has 28 heavy (non-hydrogen) atoms. The van der Waals surface area contributed by atoms with Crippen LogP contribution in [-0.4, -0.2) is 31.2 Å². The van der Waals surface area contributed by atoms with Gasteiger partial charge in [0, 0.05) is 17.8 Å². The van der Waals surface area contributed by atoms with E-state index in [9.17, 15) is 9.59 Å². The van der Waals surface area contributed by atoms with Gasteiger partial charge in [-0.05, 0) is 42.8 Å². The van der Waals surface area contributed by atoms with Crippen molar-refractivity contribution in [2.75, 3.05) is 18.5 Å². The summed E-state index contributed by atoms with van der Waals surface area (Å²) in [5.74, 6) is 0.0710. The molecule has 1 atom stereocenters. The van der Waals surface area contributed by atoms with E-state index in [-0.39, 0.29) is 0 Å². The van der Waals surface area contributed by atoms with E-state index in [1.807, 2.05) is 6.07 Å². The van der Waals surface area contributed by atoms with Crippen molar-refractivity contribution in [3.05, 3.63) is 59.7 Å². The summed E-state index contributed by atoms with van der Waals surface area (Å²) in [6.07, 6.45) is 1.80. The molecule has 1 aliphatic heterocycles. The van der Waals surface area contributed by atoms with Gasteiger partial charge in [0.05, 0.1) is 11.6 Å². The third kappa shape index (κ3) is 4.89. The van der Waals surface area contributed by atoms with Gasteiger partial charge in [0.1, 0.15) is 13.2 Å². The lowest BCUT2D eigenvalue weighted by molar-refractivity contribution is -0.148. The summed E-state index contributed by atoms with van der Waals surface area (Å²) >= 11 is 0. The fraction of sp³-hybridized carbons (Fsp3) is 0.190. The van der Waals surface area contributed by atoms with E-state index < -0.39 is 18.0 Å². The van der Waals surface area contributed by atoms with Crippen molar-refractivity contribution in [2.24, 2.45) is 0 Å². The molecule has 1 heterocycles. The molecule has 142 valence electrons. The molecule has 7 heteroatoms. The van der Waals surface area contributed by atoms with Crippen LogP contribution in [0.2, 0.25) is 0 Å². The standard InChI is InChI=1S/C21H18N2O5/c1-14(28-20(24)9-6-15-2-4-16(13-22)5-3-15)21(25)23-17-7-8-18-19(12-17)27-11-10-26-18/h2-9,12,14H,10-11H2,1H3,(H,23,25)/b9-6+/t14-/m0/s1.